The van der Waals surface area contributed by atoms with Crippen molar-refractivity contribution in [2.45, 2.75) is 25.8 Å². The summed E-state index contributed by atoms with van der Waals surface area (Å²) in [6, 6.07) is 10.7. The van der Waals surface area contributed by atoms with Gasteiger partial charge in [-0.1, -0.05) is 24.6 Å². The molecule has 3 aromatic rings. The van der Waals surface area contributed by atoms with Crippen LogP contribution in [0, 0.1) is 0 Å². The molecule has 1 N–H and O–H groups in total. The summed E-state index contributed by atoms with van der Waals surface area (Å²) in [7, 11) is 1.59. The van der Waals surface area contributed by atoms with Crippen LogP contribution < -0.4 is 19.5 Å². The van der Waals surface area contributed by atoms with Gasteiger partial charge in [-0.15, -0.1) is 0 Å². The number of rotatable bonds is 6. The highest BCUT2D eigenvalue weighted by atomic mass is 35.5. The van der Waals surface area contributed by atoms with E-state index in [1.807, 2.05) is 43.3 Å². The zero-order valence-corrected chi connectivity index (χ0v) is 17.0. The van der Waals surface area contributed by atoms with Crippen LogP contribution in [0.5, 0.6) is 17.2 Å². The van der Waals surface area contributed by atoms with Crippen LogP contribution in [-0.4, -0.2) is 24.8 Å². The topological polar surface area (TPSA) is 69.7 Å². The number of amides is 1. The fourth-order valence-electron chi connectivity index (χ4n) is 3.52. The molecule has 2 heterocycles. The summed E-state index contributed by atoms with van der Waals surface area (Å²) in [6.45, 7) is 2.15. The Morgan fingerprint density at radius 1 is 1.28 bits per heavy atom. The van der Waals surface area contributed by atoms with Gasteiger partial charge < -0.3 is 19.5 Å². The normalized spacial score (nSPS) is 13.3. The molecule has 0 aliphatic carbocycles. The number of methoxy groups -OCH3 is 1. The van der Waals surface area contributed by atoms with E-state index in [1.54, 1.807) is 13.3 Å². The Labute approximate surface area is 173 Å². The van der Waals surface area contributed by atoms with Crippen LogP contribution in [-0.2, 0) is 4.79 Å². The van der Waals surface area contributed by atoms with E-state index in [-0.39, 0.29) is 12.7 Å². The maximum atomic E-state index is 12.5. The summed E-state index contributed by atoms with van der Waals surface area (Å²) in [5.74, 6) is 1.83. The first-order valence-electron chi connectivity index (χ1n) is 9.42. The predicted octanol–water partition coefficient (Wildman–Crippen LogP) is 4.63. The van der Waals surface area contributed by atoms with Crippen molar-refractivity contribution in [3.05, 3.63) is 58.7 Å². The molecule has 0 spiro atoms. The number of halogens is 1. The lowest BCUT2D eigenvalue weighted by Crippen LogP contribution is -2.29. The lowest BCUT2D eigenvalue weighted by molar-refractivity contribution is -0.121. The average Bonchev–Trinajstić information content (AvgIpc) is 3.20. The monoisotopic (exact) mass is 412 g/mol. The number of carbonyl (C=O) groups excluding carboxylic acids is 1. The molecular formula is C22H21ClN2O4. The van der Waals surface area contributed by atoms with E-state index >= 15 is 0 Å². The number of pyridine rings is 1. The number of ether oxygens (including phenoxy) is 3. The van der Waals surface area contributed by atoms with Gasteiger partial charge in [0.05, 0.1) is 18.2 Å². The van der Waals surface area contributed by atoms with Crippen LogP contribution in [0.2, 0.25) is 5.02 Å². The Morgan fingerprint density at radius 2 is 2.10 bits per heavy atom. The largest absolute Gasteiger partial charge is 0.494 e. The Balaban J connectivity index is 1.88. The molecule has 0 bridgehead atoms. The number of carbonyl (C=O) groups is 1. The van der Waals surface area contributed by atoms with Crippen LogP contribution in [0.15, 0.2) is 42.6 Å². The molecule has 29 heavy (non-hydrogen) atoms. The summed E-state index contributed by atoms with van der Waals surface area (Å²) in [5.41, 5.74) is 2.21. The minimum atomic E-state index is -0.484. The van der Waals surface area contributed by atoms with Crippen LogP contribution >= 0.6 is 11.6 Å². The molecule has 6 nitrogen and oxygen atoms in total. The molecule has 2 aromatic carbocycles. The Hall–Kier alpha value is -2.99. The summed E-state index contributed by atoms with van der Waals surface area (Å²) in [6.07, 6.45) is 2.86. The van der Waals surface area contributed by atoms with Gasteiger partial charge >= 0.3 is 0 Å². The summed E-state index contributed by atoms with van der Waals surface area (Å²) >= 11 is 6.56. The minimum absolute atomic E-state index is 0.0607. The molecule has 0 saturated carbocycles. The molecular weight excluding hydrogens is 392 g/mol. The van der Waals surface area contributed by atoms with Crippen LogP contribution in [0.3, 0.4) is 0 Å². The smallest absolute Gasteiger partial charge is 0.231 e. The first kappa shape index (κ1) is 19.3. The van der Waals surface area contributed by atoms with Gasteiger partial charge in [0.1, 0.15) is 5.52 Å². The first-order valence-corrected chi connectivity index (χ1v) is 9.80. The number of nitrogens with zero attached hydrogens (tertiary/aromatic N) is 1. The van der Waals surface area contributed by atoms with Gasteiger partial charge in [0.15, 0.2) is 17.2 Å². The van der Waals surface area contributed by atoms with Crippen molar-refractivity contribution in [3.8, 4) is 17.2 Å². The highest BCUT2D eigenvalue weighted by Crippen LogP contribution is 2.41. The van der Waals surface area contributed by atoms with E-state index in [9.17, 15) is 4.79 Å². The van der Waals surface area contributed by atoms with Gasteiger partial charge in [-0.05, 0) is 42.3 Å². The number of aromatic nitrogens is 1. The fourth-order valence-corrected chi connectivity index (χ4v) is 3.79. The molecule has 1 amide bonds. The maximum Gasteiger partial charge on any atom is 0.231 e. The number of hydrogen-bond donors (Lipinski definition) is 1. The van der Waals surface area contributed by atoms with Crippen LogP contribution in [0.4, 0.5) is 0 Å². The lowest BCUT2D eigenvalue weighted by Gasteiger charge is -2.23. The van der Waals surface area contributed by atoms with E-state index < -0.39 is 6.04 Å². The average molecular weight is 413 g/mol. The molecule has 0 radical (unpaired) electrons. The quantitative estimate of drug-likeness (QED) is 0.639. The predicted molar refractivity (Wildman–Crippen MR) is 111 cm³/mol. The molecule has 4 rings (SSSR count). The number of hydrogen-bond acceptors (Lipinski definition) is 5. The van der Waals surface area contributed by atoms with E-state index in [0.717, 1.165) is 22.9 Å². The SMILES string of the molecule is CCCC(=O)NC(c1ccc2c(c1)OCO2)c1cc(Cl)c2cccnc2c1OC. The van der Waals surface area contributed by atoms with Gasteiger partial charge in [0.25, 0.3) is 0 Å². The summed E-state index contributed by atoms with van der Waals surface area (Å²) in [4.78, 5) is 17.0. The third-order valence-corrected chi connectivity index (χ3v) is 5.16. The van der Waals surface area contributed by atoms with Gasteiger partial charge in [0.2, 0.25) is 12.7 Å². The maximum absolute atomic E-state index is 12.5. The molecule has 1 aliphatic heterocycles. The Bertz CT molecular complexity index is 1070. The van der Waals surface area contributed by atoms with Crippen molar-refractivity contribution in [2.75, 3.05) is 13.9 Å². The molecule has 150 valence electrons. The summed E-state index contributed by atoms with van der Waals surface area (Å²) < 4.78 is 16.7. The number of benzene rings is 2. The molecule has 7 heteroatoms. The van der Waals surface area contributed by atoms with Crippen LogP contribution in [0.1, 0.15) is 36.9 Å². The molecule has 1 unspecified atom stereocenters. The molecule has 1 aliphatic rings. The Morgan fingerprint density at radius 3 is 2.90 bits per heavy atom. The van der Waals surface area contributed by atoms with Gasteiger partial charge in [0, 0.05) is 23.6 Å². The van der Waals surface area contributed by atoms with Gasteiger partial charge in [-0.2, -0.15) is 0 Å². The standard InChI is InChI=1S/C22H21ClN2O4/c1-3-5-19(26)25-20(13-7-8-17-18(10-13)29-12-28-17)15-11-16(23)14-6-4-9-24-21(14)22(15)27-2/h4,6-11,20H,3,5,12H2,1-2H3,(H,25,26). The Kier molecular flexibility index (Phi) is 5.45. The van der Waals surface area contributed by atoms with Crippen molar-refractivity contribution in [1.82, 2.24) is 10.3 Å². The molecule has 0 saturated heterocycles. The molecule has 1 atom stereocenters. The molecule has 1 aromatic heterocycles. The second-order valence-electron chi connectivity index (χ2n) is 6.74. The highest BCUT2D eigenvalue weighted by Gasteiger charge is 2.26. The van der Waals surface area contributed by atoms with E-state index in [2.05, 4.69) is 10.3 Å². The third kappa shape index (κ3) is 3.68. The van der Waals surface area contributed by atoms with Crippen molar-refractivity contribution in [2.24, 2.45) is 0 Å². The zero-order chi connectivity index (χ0) is 20.4. The number of nitrogens with one attached hydrogen (secondary N) is 1. The van der Waals surface area contributed by atoms with Crippen molar-refractivity contribution < 1.29 is 19.0 Å². The zero-order valence-electron chi connectivity index (χ0n) is 16.2. The lowest BCUT2D eigenvalue weighted by atomic mass is 9.95. The fraction of sp³-hybridized carbons (Fsp3) is 0.273. The first-order chi connectivity index (χ1) is 14.1. The second kappa shape index (κ2) is 8.17. The minimum Gasteiger partial charge on any atom is -0.494 e. The second-order valence-corrected chi connectivity index (χ2v) is 7.15. The molecule has 0 fully saturated rings. The van der Waals surface area contributed by atoms with E-state index in [0.29, 0.717) is 34.2 Å². The third-order valence-electron chi connectivity index (χ3n) is 4.85. The van der Waals surface area contributed by atoms with Gasteiger partial charge in [-0.25, -0.2) is 0 Å². The van der Waals surface area contributed by atoms with E-state index in [1.165, 1.54) is 0 Å². The van der Waals surface area contributed by atoms with Crippen molar-refractivity contribution in [1.29, 1.82) is 0 Å². The van der Waals surface area contributed by atoms with Crippen molar-refractivity contribution in [3.63, 3.8) is 0 Å². The number of fused-ring (bicyclic) bond motifs is 2. The van der Waals surface area contributed by atoms with Crippen LogP contribution in [0.25, 0.3) is 10.9 Å². The van der Waals surface area contributed by atoms with Crippen molar-refractivity contribution >= 4 is 28.4 Å². The summed E-state index contributed by atoms with van der Waals surface area (Å²) in [5, 5.41) is 4.44. The highest BCUT2D eigenvalue weighted by molar-refractivity contribution is 6.35. The van der Waals surface area contributed by atoms with Gasteiger partial charge in [-0.3, -0.25) is 9.78 Å². The van der Waals surface area contributed by atoms with E-state index in [4.69, 9.17) is 25.8 Å².